The van der Waals surface area contributed by atoms with Crippen molar-refractivity contribution in [2.75, 3.05) is 7.11 Å². The number of nitrogens with zero attached hydrogens (tertiary/aromatic N) is 2. The third-order valence-corrected chi connectivity index (χ3v) is 5.52. The average Bonchev–Trinajstić information content (AvgIpc) is 2.78. The molecule has 0 radical (unpaired) electrons. The smallest absolute Gasteiger partial charge is 0.124 e. The number of aromatic hydroxyl groups is 2. The van der Waals surface area contributed by atoms with Gasteiger partial charge >= 0.3 is 0 Å². The van der Waals surface area contributed by atoms with E-state index in [2.05, 4.69) is 51.5 Å². The van der Waals surface area contributed by atoms with Gasteiger partial charge in [0.2, 0.25) is 0 Å². The fourth-order valence-electron chi connectivity index (χ4n) is 3.98. The van der Waals surface area contributed by atoms with Gasteiger partial charge in [-0.05, 0) is 71.2 Å². The van der Waals surface area contributed by atoms with Crippen molar-refractivity contribution >= 4 is 23.8 Å². The first-order chi connectivity index (χ1) is 16.8. The second-order valence-electron chi connectivity index (χ2n) is 11.6. The average molecular weight is 487 g/mol. The Morgan fingerprint density at radius 1 is 0.667 bits per heavy atom. The van der Waals surface area contributed by atoms with E-state index in [1.165, 1.54) is 0 Å². The third kappa shape index (κ3) is 7.98. The first-order valence-corrected chi connectivity index (χ1v) is 12.2. The Hall–Kier alpha value is -3.60. The Morgan fingerprint density at radius 2 is 1.14 bits per heavy atom. The Bertz CT molecular complexity index is 1260. The molecule has 0 aromatic heterocycles. The van der Waals surface area contributed by atoms with Crippen molar-refractivity contribution in [2.45, 2.75) is 54.4 Å². The summed E-state index contributed by atoms with van der Waals surface area (Å²) in [4.78, 5) is 9.28. The van der Waals surface area contributed by atoms with Crippen LogP contribution < -0.4 is 4.74 Å². The van der Waals surface area contributed by atoms with Gasteiger partial charge in [0.15, 0.2) is 0 Å². The zero-order chi connectivity index (χ0) is 26.5. The van der Waals surface area contributed by atoms with Crippen LogP contribution in [0.2, 0.25) is 0 Å². The fraction of sp³-hybridized carbons (Fsp3) is 0.355. The Morgan fingerprint density at radius 3 is 1.58 bits per heavy atom. The molecule has 0 aliphatic rings. The summed E-state index contributed by atoms with van der Waals surface area (Å²) in [5, 5.41) is 20.8. The van der Waals surface area contributed by atoms with E-state index in [1.807, 2.05) is 36.4 Å². The highest BCUT2D eigenvalue weighted by molar-refractivity contribution is 5.90. The van der Waals surface area contributed by atoms with E-state index in [0.29, 0.717) is 28.3 Å². The van der Waals surface area contributed by atoms with E-state index in [1.54, 1.807) is 37.7 Å². The molecule has 3 aromatic rings. The standard InChI is InChI=1S/C31H38N2O3/c1-30(2,3)17-21-8-12-28(34)23(14-21)19-32-26-11-10-25(36-7)16-27(26)33-20-24-15-22(9-13-29(24)35)18-31(4,5)6/h8-16,19-20,34-35H,17-18H2,1-7H3. The molecule has 0 saturated heterocycles. The normalized spacial score (nSPS) is 12.5. The molecular weight excluding hydrogens is 448 g/mol. The molecule has 36 heavy (non-hydrogen) atoms. The maximum Gasteiger partial charge on any atom is 0.124 e. The molecule has 0 saturated carbocycles. The van der Waals surface area contributed by atoms with Crippen molar-refractivity contribution in [1.82, 2.24) is 0 Å². The number of aliphatic imine (C=N–C) groups is 2. The maximum absolute atomic E-state index is 10.4. The summed E-state index contributed by atoms with van der Waals surface area (Å²) in [6.45, 7) is 13.1. The van der Waals surface area contributed by atoms with Crippen molar-refractivity contribution in [2.24, 2.45) is 20.8 Å². The molecule has 0 amide bonds. The van der Waals surface area contributed by atoms with Crippen LogP contribution in [0, 0.1) is 10.8 Å². The molecule has 0 unspecified atom stereocenters. The number of benzene rings is 3. The first-order valence-electron chi connectivity index (χ1n) is 12.2. The zero-order valence-corrected chi connectivity index (χ0v) is 22.5. The van der Waals surface area contributed by atoms with Gasteiger partial charge in [0.1, 0.15) is 17.2 Å². The van der Waals surface area contributed by atoms with Crippen molar-refractivity contribution in [3.63, 3.8) is 0 Å². The lowest BCUT2D eigenvalue weighted by molar-refractivity contribution is 0.410. The van der Waals surface area contributed by atoms with E-state index >= 15 is 0 Å². The van der Waals surface area contributed by atoms with Crippen molar-refractivity contribution < 1.29 is 14.9 Å². The molecule has 0 bridgehead atoms. The Labute approximate surface area is 215 Å². The van der Waals surface area contributed by atoms with Gasteiger partial charge in [0.05, 0.1) is 18.5 Å². The van der Waals surface area contributed by atoms with Crippen molar-refractivity contribution in [3.8, 4) is 17.2 Å². The molecule has 0 fully saturated rings. The fourth-order valence-corrected chi connectivity index (χ4v) is 3.98. The van der Waals surface area contributed by atoms with Gasteiger partial charge in [-0.25, -0.2) is 0 Å². The molecule has 3 aromatic carbocycles. The topological polar surface area (TPSA) is 74.4 Å². The third-order valence-electron chi connectivity index (χ3n) is 5.52. The lowest BCUT2D eigenvalue weighted by Crippen LogP contribution is -2.09. The highest BCUT2D eigenvalue weighted by atomic mass is 16.5. The molecule has 0 heterocycles. The van der Waals surface area contributed by atoms with Crippen LogP contribution in [0.3, 0.4) is 0 Å². The van der Waals surface area contributed by atoms with Crippen molar-refractivity contribution in [1.29, 1.82) is 0 Å². The molecule has 5 heteroatoms. The highest BCUT2D eigenvalue weighted by Crippen LogP contribution is 2.33. The highest BCUT2D eigenvalue weighted by Gasteiger charge is 2.14. The minimum atomic E-state index is 0.135. The lowest BCUT2D eigenvalue weighted by atomic mass is 9.87. The molecular formula is C31H38N2O3. The second-order valence-corrected chi connectivity index (χ2v) is 11.6. The number of phenolic OH excluding ortho intramolecular Hbond substituents is 2. The molecule has 0 aliphatic carbocycles. The Kier molecular flexibility index (Phi) is 8.24. The second kappa shape index (κ2) is 11.0. The van der Waals surface area contributed by atoms with Gasteiger partial charge in [0, 0.05) is 29.6 Å². The van der Waals surface area contributed by atoms with E-state index in [-0.39, 0.29) is 22.3 Å². The van der Waals surface area contributed by atoms with Crippen LogP contribution in [-0.2, 0) is 12.8 Å². The molecule has 5 nitrogen and oxygen atoms in total. The van der Waals surface area contributed by atoms with Gasteiger partial charge in [0.25, 0.3) is 0 Å². The number of rotatable bonds is 7. The minimum Gasteiger partial charge on any atom is -0.507 e. The van der Waals surface area contributed by atoms with Crippen LogP contribution in [0.1, 0.15) is 63.8 Å². The van der Waals surface area contributed by atoms with E-state index in [0.717, 1.165) is 24.0 Å². The summed E-state index contributed by atoms with van der Waals surface area (Å²) in [6, 6.07) is 16.7. The SMILES string of the molecule is COc1ccc(N=Cc2cc(CC(C)(C)C)ccc2O)c(N=Cc2cc(CC(C)(C)C)ccc2O)c1. The number of methoxy groups -OCH3 is 1. The number of hydrogen-bond donors (Lipinski definition) is 2. The predicted molar refractivity (Wildman–Crippen MR) is 150 cm³/mol. The summed E-state index contributed by atoms with van der Waals surface area (Å²) in [5.41, 5.74) is 5.05. The van der Waals surface area contributed by atoms with Gasteiger partial charge in [-0.3, -0.25) is 9.98 Å². The maximum atomic E-state index is 10.4. The van der Waals surface area contributed by atoms with Crippen LogP contribution in [0.5, 0.6) is 17.2 Å². The van der Waals surface area contributed by atoms with E-state index < -0.39 is 0 Å². The summed E-state index contributed by atoms with van der Waals surface area (Å²) in [5.74, 6) is 1.00. The minimum absolute atomic E-state index is 0.135. The molecule has 0 aliphatic heterocycles. The lowest BCUT2D eigenvalue weighted by Gasteiger charge is -2.18. The quantitative estimate of drug-likeness (QED) is 0.335. The number of ether oxygens (including phenoxy) is 1. The molecule has 2 N–H and O–H groups in total. The van der Waals surface area contributed by atoms with Gasteiger partial charge in [-0.1, -0.05) is 53.7 Å². The monoisotopic (exact) mass is 486 g/mol. The Balaban J connectivity index is 1.94. The molecule has 3 rings (SSSR count). The zero-order valence-electron chi connectivity index (χ0n) is 22.5. The summed E-state index contributed by atoms with van der Waals surface area (Å²) >= 11 is 0. The van der Waals surface area contributed by atoms with Crippen LogP contribution in [0.15, 0.2) is 64.6 Å². The molecule has 190 valence electrons. The van der Waals surface area contributed by atoms with Gasteiger partial charge in [-0.15, -0.1) is 0 Å². The first kappa shape index (κ1) is 27.0. The number of phenols is 2. The van der Waals surface area contributed by atoms with Gasteiger partial charge < -0.3 is 14.9 Å². The van der Waals surface area contributed by atoms with E-state index in [9.17, 15) is 10.2 Å². The largest absolute Gasteiger partial charge is 0.507 e. The van der Waals surface area contributed by atoms with Crippen LogP contribution >= 0.6 is 0 Å². The van der Waals surface area contributed by atoms with E-state index in [4.69, 9.17) is 4.74 Å². The number of hydrogen-bond acceptors (Lipinski definition) is 5. The summed E-state index contributed by atoms with van der Waals surface area (Å²) in [7, 11) is 1.60. The molecule has 0 atom stereocenters. The van der Waals surface area contributed by atoms with Crippen LogP contribution in [-0.4, -0.2) is 29.8 Å². The molecule has 0 spiro atoms. The summed E-state index contributed by atoms with van der Waals surface area (Å²) in [6.07, 6.45) is 5.09. The predicted octanol–water partition coefficient (Wildman–Crippen LogP) is 7.78. The van der Waals surface area contributed by atoms with Crippen molar-refractivity contribution in [3.05, 3.63) is 76.9 Å². The van der Waals surface area contributed by atoms with Crippen LogP contribution in [0.25, 0.3) is 0 Å². The summed E-state index contributed by atoms with van der Waals surface area (Å²) < 4.78 is 5.39. The van der Waals surface area contributed by atoms with Gasteiger partial charge in [-0.2, -0.15) is 0 Å². The van der Waals surface area contributed by atoms with Crippen LogP contribution in [0.4, 0.5) is 11.4 Å².